The number of rotatable bonds is 6. The van der Waals surface area contributed by atoms with Gasteiger partial charge in [0.25, 0.3) is 0 Å². The number of hydrogen-bond donors (Lipinski definition) is 0. The van der Waals surface area contributed by atoms with Crippen molar-refractivity contribution in [3.05, 3.63) is 24.3 Å². The number of fused-ring (bicyclic) bond motifs is 1. The number of epoxide rings is 1. The summed E-state index contributed by atoms with van der Waals surface area (Å²) in [5.41, 5.74) is 0.950. The smallest absolute Gasteiger partial charge is 0.333 e. The number of hydrogen-bond acceptors (Lipinski definition) is 6. The lowest BCUT2D eigenvalue weighted by Gasteiger charge is -2.37. The molecule has 2 aliphatic heterocycles. The highest BCUT2D eigenvalue weighted by molar-refractivity contribution is 5.87. The van der Waals surface area contributed by atoms with E-state index in [0.29, 0.717) is 55.7 Å². The summed E-state index contributed by atoms with van der Waals surface area (Å²) in [6.45, 7) is 14.7. The van der Waals surface area contributed by atoms with Gasteiger partial charge < -0.3 is 18.9 Å². The summed E-state index contributed by atoms with van der Waals surface area (Å²) in [6.07, 6.45) is 4.26. The lowest BCUT2D eigenvalue weighted by molar-refractivity contribution is -0.161. The molecule has 0 bridgehead atoms. The van der Waals surface area contributed by atoms with Crippen LogP contribution in [-0.4, -0.2) is 50.6 Å². The van der Waals surface area contributed by atoms with Gasteiger partial charge in [0.1, 0.15) is 6.61 Å². The fourth-order valence-corrected chi connectivity index (χ4v) is 2.85. The van der Waals surface area contributed by atoms with E-state index in [0.717, 1.165) is 19.3 Å². The maximum Gasteiger partial charge on any atom is 0.333 e. The van der Waals surface area contributed by atoms with Crippen LogP contribution in [0.25, 0.3) is 0 Å². The van der Waals surface area contributed by atoms with Crippen molar-refractivity contribution in [1.82, 2.24) is 0 Å². The highest BCUT2D eigenvalue weighted by Gasteiger charge is 2.44. The van der Waals surface area contributed by atoms with Gasteiger partial charge >= 0.3 is 11.9 Å². The second-order valence-corrected chi connectivity index (χ2v) is 7.93. The van der Waals surface area contributed by atoms with Gasteiger partial charge in [0, 0.05) is 16.6 Å². The highest BCUT2D eigenvalue weighted by atomic mass is 16.6. The fraction of sp³-hybridized carbons (Fsp3) is 0.700. The van der Waals surface area contributed by atoms with Crippen LogP contribution in [0, 0.1) is 11.3 Å². The zero-order valence-corrected chi connectivity index (χ0v) is 16.0. The molecule has 6 heteroatoms. The molecule has 3 rings (SSSR count). The zero-order valence-electron chi connectivity index (χ0n) is 16.0. The number of esters is 2. The molecule has 0 amide bonds. The first kappa shape index (κ1) is 20.6. The summed E-state index contributed by atoms with van der Waals surface area (Å²) in [5, 5.41) is 0. The predicted octanol–water partition coefficient (Wildman–Crippen LogP) is 2.82. The highest BCUT2D eigenvalue weighted by Crippen LogP contribution is 2.39. The molecule has 6 nitrogen and oxygen atoms in total. The topological polar surface area (TPSA) is 74.4 Å². The standard InChI is InChI=1S/C11H16O3.C9H14O3/c1-7(2)11(12)13-6-8-3-4-9-10(5-8)14-9;1-7(2)8(10)12-6-9(3)4-11-5-9/h8-10H,1,3-6H2,2H3;1,4-6H2,2-3H3. The van der Waals surface area contributed by atoms with Gasteiger partial charge in [-0.15, -0.1) is 0 Å². The maximum atomic E-state index is 11.1. The molecular weight excluding hydrogens is 336 g/mol. The monoisotopic (exact) mass is 366 g/mol. The van der Waals surface area contributed by atoms with E-state index in [-0.39, 0.29) is 17.4 Å². The fourth-order valence-electron chi connectivity index (χ4n) is 2.85. The van der Waals surface area contributed by atoms with Gasteiger partial charge in [0.2, 0.25) is 0 Å². The Bertz CT molecular complexity index is 563. The van der Waals surface area contributed by atoms with E-state index >= 15 is 0 Å². The minimum atomic E-state index is -0.317. The van der Waals surface area contributed by atoms with Crippen molar-refractivity contribution in [2.75, 3.05) is 26.4 Å². The third kappa shape index (κ3) is 6.25. The molecule has 0 spiro atoms. The van der Waals surface area contributed by atoms with Crippen LogP contribution in [-0.2, 0) is 28.5 Å². The first-order chi connectivity index (χ1) is 12.2. The molecule has 2 saturated heterocycles. The second-order valence-electron chi connectivity index (χ2n) is 7.93. The molecule has 0 radical (unpaired) electrons. The van der Waals surface area contributed by atoms with Crippen LogP contribution in [0.3, 0.4) is 0 Å². The SMILES string of the molecule is C=C(C)C(=O)OCC1(C)COC1.C=C(C)C(=O)OCC1CCC2OC2C1. The zero-order chi connectivity index (χ0) is 19.3. The number of carbonyl (C=O) groups is 2. The molecule has 0 aromatic rings. The van der Waals surface area contributed by atoms with Crippen molar-refractivity contribution < 1.29 is 28.5 Å². The summed E-state index contributed by atoms with van der Waals surface area (Å²) in [4.78, 5) is 22.1. The number of carbonyl (C=O) groups excluding carboxylic acids is 2. The number of ether oxygens (including phenoxy) is 4. The minimum absolute atomic E-state index is 0.0328. The lowest BCUT2D eigenvalue weighted by Crippen LogP contribution is -2.44. The first-order valence-electron chi connectivity index (χ1n) is 9.08. The van der Waals surface area contributed by atoms with E-state index < -0.39 is 0 Å². The Morgan fingerprint density at radius 2 is 1.65 bits per heavy atom. The van der Waals surface area contributed by atoms with Crippen molar-refractivity contribution in [2.45, 2.75) is 52.2 Å². The van der Waals surface area contributed by atoms with Crippen molar-refractivity contribution >= 4 is 11.9 Å². The minimum Gasteiger partial charge on any atom is -0.462 e. The van der Waals surface area contributed by atoms with Gasteiger partial charge in [-0.05, 0) is 39.0 Å². The van der Waals surface area contributed by atoms with Crippen molar-refractivity contribution in [2.24, 2.45) is 11.3 Å². The largest absolute Gasteiger partial charge is 0.462 e. The van der Waals surface area contributed by atoms with Crippen LogP contribution in [0.5, 0.6) is 0 Å². The maximum absolute atomic E-state index is 11.1. The average Bonchev–Trinajstić information content (AvgIpc) is 3.34. The van der Waals surface area contributed by atoms with Crippen LogP contribution in [0.15, 0.2) is 24.3 Å². The van der Waals surface area contributed by atoms with Crippen molar-refractivity contribution in [3.8, 4) is 0 Å². The summed E-state index contributed by atoms with van der Waals surface area (Å²) in [5.74, 6) is -0.103. The third-order valence-electron chi connectivity index (χ3n) is 4.71. The molecule has 2 heterocycles. The molecular formula is C20H30O6. The predicted molar refractivity (Wildman–Crippen MR) is 96.5 cm³/mol. The van der Waals surface area contributed by atoms with Gasteiger partial charge in [-0.3, -0.25) is 0 Å². The summed E-state index contributed by atoms with van der Waals surface area (Å²) < 4.78 is 20.5. The van der Waals surface area contributed by atoms with E-state index in [1.54, 1.807) is 13.8 Å². The molecule has 3 aliphatic rings. The molecule has 1 saturated carbocycles. The third-order valence-corrected chi connectivity index (χ3v) is 4.71. The van der Waals surface area contributed by atoms with E-state index in [2.05, 4.69) is 13.2 Å². The first-order valence-corrected chi connectivity index (χ1v) is 9.08. The Hall–Kier alpha value is -1.66. The Balaban J connectivity index is 0.000000190. The molecule has 146 valence electrons. The van der Waals surface area contributed by atoms with Crippen LogP contribution in [0.4, 0.5) is 0 Å². The quantitative estimate of drug-likeness (QED) is 0.409. The van der Waals surface area contributed by atoms with E-state index in [1.807, 2.05) is 6.92 Å². The van der Waals surface area contributed by atoms with Crippen molar-refractivity contribution in [1.29, 1.82) is 0 Å². The van der Waals surface area contributed by atoms with Gasteiger partial charge in [-0.25, -0.2) is 9.59 Å². The molecule has 0 aromatic heterocycles. The Morgan fingerprint density at radius 1 is 1.04 bits per heavy atom. The van der Waals surface area contributed by atoms with Crippen LogP contribution in [0.2, 0.25) is 0 Å². The van der Waals surface area contributed by atoms with Crippen LogP contribution < -0.4 is 0 Å². The molecule has 0 aromatic carbocycles. The van der Waals surface area contributed by atoms with E-state index in [1.165, 1.54) is 0 Å². The van der Waals surface area contributed by atoms with Crippen LogP contribution in [0.1, 0.15) is 40.0 Å². The second kappa shape index (κ2) is 8.82. The summed E-state index contributed by atoms with van der Waals surface area (Å²) in [6, 6.07) is 0. The van der Waals surface area contributed by atoms with E-state index in [4.69, 9.17) is 18.9 Å². The molecule has 1 aliphatic carbocycles. The Kier molecular flexibility index (Phi) is 7.01. The van der Waals surface area contributed by atoms with Gasteiger partial charge in [-0.2, -0.15) is 0 Å². The molecule has 3 unspecified atom stereocenters. The Labute approximate surface area is 155 Å². The Morgan fingerprint density at radius 3 is 2.15 bits per heavy atom. The van der Waals surface area contributed by atoms with Gasteiger partial charge in [0.05, 0.1) is 32.0 Å². The van der Waals surface area contributed by atoms with E-state index in [9.17, 15) is 9.59 Å². The van der Waals surface area contributed by atoms with Crippen molar-refractivity contribution in [3.63, 3.8) is 0 Å². The average molecular weight is 366 g/mol. The molecule has 0 N–H and O–H groups in total. The van der Waals surface area contributed by atoms with Gasteiger partial charge in [-0.1, -0.05) is 20.1 Å². The van der Waals surface area contributed by atoms with Gasteiger partial charge in [0.15, 0.2) is 0 Å². The van der Waals surface area contributed by atoms with Crippen LogP contribution >= 0.6 is 0 Å². The molecule has 3 atom stereocenters. The lowest BCUT2D eigenvalue weighted by atomic mass is 9.90. The summed E-state index contributed by atoms with van der Waals surface area (Å²) in [7, 11) is 0. The summed E-state index contributed by atoms with van der Waals surface area (Å²) >= 11 is 0. The normalized spacial score (nSPS) is 27.6. The molecule has 26 heavy (non-hydrogen) atoms. The molecule has 3 fully saturated rings.